The average molecular weight is 595 g/mol. The summed E-state index contributed by atoms with van der Waals surface area (Å²) in [7, 11) is 0. The molecular formula is C24H34N8O8S. The minimum absolute atomic E-state index is 0.0276. The molecule has 1 aliphatic heterocycles. The predicted octanol–water partition coefficient (Wildman–Crippen LogP) is -0.318. The summed E-state index contributed by atoms with van der Waals surface area (Å²) in [5.74, 6) is -4.00. The molecule has 0 spiro atoms. The molecule has 1 aliphatic rings. The summed E-state index contributed by atoms with van der Waals surface area (Å²) < 4.78 is 0. The first-order valence-corrected chi connectivity index (χ1v) is 13.0. The van der Waals surface area contributed by atoms with Crippen molar-refractivity contribution in [3.8, 4) is 0 Å². The number of anilines is 4. The Hall–Kier alpha value is -4.51. The van der Waals surface area contributed by atoms with Crippen LogP contribution in [0.4, 0.5) is 23.1 Å². The Morgan fingerprint density at radius 3 is 2.32 bits per heavy atom. The Morgan fingerprint density at radius 1 is 1.12 bits per heavy atom. The molecule has 4 atom stereocenters. The number of H-pyrrole nitrogens is 1. The van der Waals surface area contributed by atoms with E-state index in [0.717, 1.165) is 0 Å². The van der Waals surface area contributed by atoms with Crippen LogP contribution in [-0.4, -0.2) is 86.1 Å². The fourth-order valence-corrected chi connectivity index (χ4v) is 3.79. The smallest absolute Gasteiger partial charge is 0.326 e. The van der Waals surface area contributed by atoms with Gasteiger partial charge in [0.05, 0.1) is 12.0 Å². The summed E-state index contributed by atoms with van der Waals surface area (Å²) >= 11 is 3.81. The lowest BCUT2D eigenvalue weighted by Crippen LogP contribution is -2.42. The molecular weight excluding hydrogens is 560 g/mol. The number of aromatic amines is 1. The van der Waals surface area contributed by atoms with Crippen molar-refractivity contribution >= 4 is 59.6 Å². The van der Waals surface area contributed by atoms with Gasteiger partial charge in [0.1, 0.15) is 17.8 Å². The predicted molar refractivity (Wildman–Crippen MR) is 154 cm³/mol. The highest BCUT2D eigenvalue weighted by atomic mass is 32.1. The van der Waals surface area contributed by atoms with Crippen LogP contribution >= 0.6 is 12.6 Å². The van der Waals surface area contributed by atoms with Gasteiger partial charge in [0.2, 0.25) is 5.95 Å². The average Bonchev–Trinajstić information content (AvgIpc) is 2.92. The first-order valence-electron chi connectivity index (χ1n) is 12.4. The van der Waals surface area contributed by atoms with Crippen molar-refractivity contribution in [2.45, 2.75) is 37.9 Å². The van der Waals surface area contributed by atoms with Crippen molar-refractivity contribution in [1.29, 1.82) is 0 Å². The fraction of sp³-hybridized carbons (Fsp3) is 0.417. The fourth-order valence-electron chi connectivity index (χ4n) is 3.51. The maximum Gasteiger partial charge on any atom is 0.326 e. The van der Waals surface area contributed by atoms with Crippen molar-refractivity contribution in [2.75, 3.05) is 40.5 Å². The van der Waals surface area contributed by atoms with Crippen LogP contribution in [0.3, 0.4) is 0 Å². The van der Waals surface area contributed by atoms with Gasteiger partial charge in [-0.05, 0) is 42.9 Å². The van der Waals surface area contributed by atoms with E-state index in [-0.39, 0.29) is 29.5 Å². The summed E-state index contributed by atoms with van der Waals surface area (Å²) in [5.41, 5.74) is 11.5. The zero-order chi connectivity index (χ0) is 30.7. The second kappa shape index (κ2) is 15.3. The number of aromatic nitrogens is 2. The van der Waals surface area contributed by atoms with Crippen molar-refractivity contribution in [2.24, 2.45) is 11.7 Å². The number of benzene rings is 1. The maximum atomic E-state index is 12.4. The molecule has 0 radical (unpaired) electrons. The highest BCUT2D eigenvalue weighted by molar-refractivity contribution is 7.80. The Kier molecular flexibility index (Phi) is 12.2. The van der Waals surface area contributed by atoms with Crippen LogP contribution in [0.15, 0.2) is 29.1 Å². The summed E-state index contributed by atoms with van der Waals surface area (Å²) in [6.45, 7) is 2.33. The third kappa shape index (κ3) is 10.2. The molecule has 0 aliphatic carbocycles. The van der Waals surface area contributed by atoms with E-state index in [1.54, 1.807) is 12.1 Å². The van der Waals surface area contributed by atoms with Crippen molar-refractivity contribution in [3.63, 3.8) is 0 Å². The number of nitrogens with one attached hydrogen (secondary N) is 5. The van der Waals surface area contributed by atoms with Crippen molar-refractivity contribution < 1.29 is 34.5 Å². The number of carboxylic acids is 3. The maximum absolute atomic E-state index is 12.4. The van der Waals surface area contributed by atoms with Gasteiger partial charge in [0.25, 0.3) is 11.5 Å². The van der Waals surface area contributed by atoms with E-state index in [0.29, 0.717) is 42.5 Å². The number of nitrogen functional groups attached to an aromatic ring is 1. The molecule has 1 aromatic heterocycles. The van der Waals surface area contributed by atoms with Gasteiger partial charge in [-0.2, -0.15) is 17.6 Å². The summed E-state index contributed by atoms with van der Waals surface area (Å²) in [5, 5.41) is 38.1. The third-order valence-electron chi connectivity index (χ3n) is 5.87. The lowest BCUT2D eigenvalue weighted by atomic mass is 10.0. The number of aliphatic carboxylic acids is 3. The van der Waals surface area contributed by atoms with Gasteiger partial charge in [-0.25, -0.2) is 4.79 Å². The second-order valence-corrected chi connectivity index (χ2v) is 9.60. The van der Waals surface area contributed by atoms with Gasteiger partial charge in [-0.1, -0.05) is 6.92 Å². The zero-order valence-electron chi connectivity index (χ0n) is 22.1. The van der Waals surface area contributed by atoms with E-state index in [2.05, 4.69) is 43.9 Å². The summed E-state index contributed by atoms with van der Waals surface area (Å²) in [6.07, 6.45) is 0.199. The Labute approximate surface area is 239 Å². The van der Waals surface area contributed by atoms with Crippen LogP contribution < -0.4 is 38.3 Å². The number of carbonyl (C=O) groups excluding carboxylic acids is 1. The minimum Gasteiger partial charge on any atom is -0.481 e. The van der Waals surface area contributed by atoms with Crippen molar-refractivity contribution in [1.82, 2.24) is 15.3 Å². The van der Waals surface area contributed by atoms with Gasteiger partial charge >= 0.3 is 17.9 Å². The molecule has 2 aromatic rings. The molecule has 2 heterocycles. The zero-order valence-corrected chi connectivity index (χ0v) is 23.0. The second-order valence-electron chi connectivity index (χ2n) is 9.15. The number of amides is 1. The van der Waals surface area contributed by atoms with E-state index in [1.165, 1.54) is 19.1 Å². The molecule has 3 rings (SSSR count). The number of nitrogens with zero attached hydrogens (tertiary/aromatic N) is 1. The molecule has 1 amide bonds. The first-order chi connectivity index (χ1) is 19.3. The number of rotatable bonds is 12. The quantitative estimate of drug-likeness (QED) is 0.141. The lowest BCUT2D eigenvalue weighted by Gasteiger charge is -2.27. The number of hydrogen-bond donors (Lipinski definition) is 11. The molecule has 41 heavy (non-hydrogen) atoms. The minimum atomic E-state index is -1.32. The van der Waals surface area contributed by atoms with Crippen LogP contribution in [-0.2, 0) is 14.4 Å². The van der Waals surface area contributed by atoms with E-state index < -0.39 is 41.8 Å². The molecule has 0 fully saturated rings. The standard InChI is InChI=1S/C20H25N7O6.C4H9NO2S/c1-9(18(30)31)6-13(19(32)33)25-16(28)10-2-4-11(5-3-10)22-7-12-8-23-15-14(24-12)17(29)27-20(21)26-15;5-3(1-2-8)4(6)7/h2-5,9,12-13,22,24H,6-8H2,1H3,(H,25,28)(H,30,31)(H,32,33)(H4,21,23,26,27,29);3,8H,1-2,5H2,(H,6,7). The molecule has 1 aromatic carbocycles. The Balaban J connectivity index is 0.000000642. The number of hydrogen-bond acceptors (Lipinski definition) is 12. The number of fused-ring (bicyclic) bond motifs is 1. The van der Waals surface area contributed by atoms with Crippen LogP contribution in [0.2, 0.25) is 0 Å². The Bertz CT molecular complexity index is 1290. The normalized spacial score (nSPS) is 15.7. The van der Waals surface area contributed by atoms with E-state index >= 15 is 0 Å². The molecule has 0 saturated carbocycles. The van der Waals surface area contributed by atoms with E-state index in [4.69, 9.17) is 21.7 Å². The summed E-state index contributed by atoms with van der Waals surface area (Å²) in [6, 6.07) is 4.18. The van der Waals surface area contributed by atoms with Crippen molar-refractivity contribution in [3.05, 3.63) is 40.2 Å². The molecule has 16 nitrogen and oxygen atoms in total. The number of carbonyl (C=O) groups is 4. The van der Waals surface area contributed by atoms with E-state index in [1.807, 2.05) is 0 Å². The van der Waals surface area contributed by atoms with Crippen LogP contribution in [0.1, 0.15) is 30.1 Å². The van der Waals surface area contributed by atoms with Gasteiger partial charge in [-0.15, -0.1) is 0 Å². The molecule has 0 saturated heterocycles. The monoisotopic (exact) mass is 594 g/mol. The Morgan fingerprint density at radius 2 is 1.78 bits per heavy atom. The number of nitrogens with two attached hydrogens (primary N) is 2. The molecule has 224 valence electrons. The molecule has 12 N–H and O–H groups in total. The summed E-state index contributed by atoms with van der Waals surface area (Å²) in [4.78, 5) is 63.1. The van der Waals surface area contributed by atoms with Gasteiger partial charge in [0.15, 0.2) is 5.82 Å². The SMILES string of the molecule is CC(CC(NC(=O)c1ccc(NCC2CNc3nc(N)[nH]c(=O)c3N2)cc1)C(=O)O)C(=O)O.NC(CCS)C(=O)O. The molecule has 4 unspecified atom stereocenters. The largest absolute Gasteiger partial charge is 0.481 e. The topological polar surface area (TPSA) is 275 Å². The lowest BCUT2D eigenvalue weighted by molar-refractivity contribution is -0.143. The third-order valence-corrected chi connectivity index (χ3v) is 6.13. The number of carboxylic acid groups (broad SMARTS) is 3. The van der Waals surface area contributed by atoms with Gasteiger partial charge in [-0.3, -0.25) is 24.2 Å². The number of thiol groups is 1. The molecule has 17 heteroatoms. The van der Waals surface area contributed by atoms with Crippen LogP contribution in [0.25, 0.3) is 0 Å². The van der Waals surface area contributed by atoms with E-state index in [9.17, 15) is 29.1 Å². The first kappa shape index (κ1) is 32.7. The van der Waals surface area contributed by atoms with Crippen LogP contribution in [0.5, 0.6) is 0 Å². The highest BCUT2D eigenvalue weighted by Gasteiger charge is 2.26. The van der Waals surface area contributed by atoms with Gasteiger partial charge < -0.3 is 48.1 Å². The van der Waals surface area contributed by atoms with Crippen LogP contribution in [0, 0.1) is 5.92 Å². The highest BCUT2D eigenvalue weighted by Crippen LogP contribution is 2.20. The molecule has 0 bridgehead atoms. The van der Waals surface area contributed by atoms with Gasteiger partial charge in [0, 0.05) is 24.3 Å².